The van der Waals surface area contributed by atoms with Gasteiger partial charge in [0.25, 0.3) is 5.69 Å². The van der Waals surface area contributed by atoms with E-state index in [-0.39, 0.29) is 29.2 Å². The Bertz CT molecular complexity index is 1010. The topological polar surface area (TPSA) is 88.2 Å². The van der Waals surface area contributed by atoms with Crippen LogP contribution in [0.4, 0.5) is 11.4 Å². The monoisotopic (exact) mass is 375 g/mol. The smallest absolute Gasteiger partial charge is 0.292 e. The Morgan fingerprint density at radius 1 is 1.32 bits per heavy atom. The molecule has 3 atom stereocenters. The molecule has 0 amide bonds. The van der Waals surface area contributed by atoms with Crippen molar-refractivity contribution in [3.05, 3.63) is 74.9 Å². The average molecular weight is 375 g/mol. The molecule has 0 spiro atoms. The van der Waals surface area contributed by atoms with Gasteiger partial charge in [-0.15, -0.1) is 0 Å². The molecule has 1 heterocycles. The zero-order valence-corrected chi connectivity index (χ0v) is 15.8. The highest BCUT2D eigenvalue weighted by molar-refractivity contribution is 5.74. The molecule has 3 unspecified atom stereocenters. The number of nitrogens with zero attached hydrogens (tertiary/aromatic N) is 2. The fourth-order valence-corrected chi connectivity index (χ4v) is 4.44. The summed E-state index contributed by atoms with van der Waals surface area (Å²) in [4.78, 5) is 11.4. The number of rotatable bonds is 4. The van der Waals surface area contributed by atoms with Crippen molar-refractivity contribution in [2.24, 2.45) is 5.92 Å². The number of allylic oxidation sites excluding steroid dienone is 2. The Morgan fingerprint density at radius 2 is 2.07 bits per heavy atom. The van der Waals surface area contributed by atoms with Gasteiger partial charge in [-0.05, 0) is 60.6 Å². The molecule has 1 aliphatic carbocycles. The van der Waals surface area contributed by atoms with Gasteiger partial charge in [-0.2, -0.15) is 5.26 Å². The summed E-state index contributed by atoms with van der Waals surface area (Å²) in [7, 11) is 0. The van der Waals surface area contributed by atoms with Crippen LogP contribution >= 0.6 is 0 Å². The van der Waals surface area contributed by atoms with E-state index >= 15 is 0 Å². The molecule has 0 fully saturated rings. The lowest BCUT2D eigenvalue weighted by atomic mass is 9.74. The third kappa shape index (κ3) is 2.89. The third-order valence-corrected chi connectivity index (χ3v) is 5.89. The molecule has 1 aliphatic heterocycles. The molecule has 0 saturated heterocycles. The number of benzene rings is 2. The van der Waals surface area contributed by atoms with E-state index in [1.165, 1.54) is 0 Å². The van der Waals surface area contributed by atoms with Crippen molar-refractivity contribution in [2.75, 3.05) is 11.9 Å². The lowest BCUT2D eigenvalue weighted by Gasteiger charge is -2.38. The molecule has 0 bridgehead atoms. The molecule has 6 nitrogen and oxygen atoms in total. The molecule has 28 heavy (non-hydrogen) atoms. The summed E-state index contributed by atoms with van der Waals surface area (Å²) in [6.45, 7) is 3.99. The number of nitro groups is 1. The van der Waals surface area contributed by atoms with Gasteiger partial charge in [0, 0.05) is 12.0 Å². The second kappa shape index (κ2) is 7.01. The number of nitriles is 1. The minimum atomic E-state index is -0.298. The largest absolute Gasteiger partial charge is 0.479 e. The second-order valence-electron chi connectivity index (χ2n) is 7.37. The van der Waals surface area contributed by atoms with Crippen molar-refractivity contribution in [2.45, 2.75) is 32.2 Å². The molecule has 2 aromatic rings. The van der Waals surface area contributed by atoms with E-state index in [4.69, 9.17) is 10.00 Å². The van der Waals surface area contributed by atoms with Crippen LogP contribution in [0.15, 0.2) is 42.5 Å². The third-order valence-electron chi connectivity index (χ3n) is 5.89. The number of hydrogen-bond acceptors (Lipinski definition) is 5. The van der Waals surface area contributed by atoms with Crippen LogP contribution in [0.2, 0.25) is 0 Å². The van der Waals surface area contributed by atoms with Gasteiger partial charge < -0.3 is 10.1 Å². The lowest BCUT2D eigenvalue weighted by Crippen LogP contribution is -2.30. The van der Waals surface area contributed by atoms with Crippen LogP contribution in [0.1, 0.15) is 40.6 Å². The van der Waals surface area contributed by atoms with E-state index < -0.39 is 0 Å². The number of hydrogen-bond donors (Lipinski definition) is 1. The highest BCUT2D eigenvalue weighted by Crippen LogP contribution is 2.53. The summed E-state index contributed by atoms with van der Waals surface area (Å²) >= 11 is 0. The Kier molecular flexibility index (Phi) is 4.52. The van der Waals surface area contributed by atoms with Crippen molar-refractivity contribution in [1.29, 1.82) is 5.26 Å². The minimum Gasteiger partial charge on any atom is -0.479 e. The number of nitro benzene ring substituents is 1. The van der Waals surface area contributed by atoms with Gasteiger partial charge >= 0.3 is 0 Å². The number of nitrogens with one attached hydrogen (secondary N) is 1. The molecule has 2 aliphatic rings. The summed E-state index contributed by atoms with van der Waals surface area (Å²) < 4.78 is 5.34. The summed E-state index contributed by atoms with van der Waals surface area (Å²) in [5.41, 5.74) is 4.94. The van der Waals surface area contributed by atoms with E-state index in [9.17, 15) is 10.1 Å². The number of fused-ring (bicyclic) bond motifs is 3. The maximum Gasteiger partial charge on any atom is 0.292 e. The predicted octanol–water partition coefficient (Wildman–Crippen LogP) is 4.94. The van der Waals surface area contributed by atoms with E-state index in [2.05, 4.69) is 17.5 Å². The fraction of sp³-hybridized carbons (Fsp3) is 0.318. The highest BCUT2D eigenvalue weighted by atomic mass is 16.6. The van der Waals surface area contributed by atoms with Gasteiger partial charge in [0.2, 0.25) is 0 Å². The van der Waals surface area contributed by atoms with Crippen LogP contribution in [-0.4, -0.2) is 11.5 Å². The van der Waals surface area contributed by atoms with Crippen molar-refractivity contribution >= 4 is 11.4 Å². The maximum atomic E-state index is 11.7. The molecule has 0 aromatic heterocycles. The van der Waals surface area contributed by atoms with Gasteiger partial charge in [0.15, 0.2) is 6.61 Å². The summed E-state index contributed by atoms with van der Waals surface area (Å²) in [5.74, 6) is 1.10. The van der Waals surface area contributed by atoms with Crippen LogP contribution in [0.25, 0.3) is 0 Å². The molecule has 0 radical (unpaired) electrons. The van der Waals surface area contributed by atoms with E-state index in [1.54, 1.807) is 6.07 Å². The van der Waals surface area contributed by atoms with Gasteiger partial charge in [-0.1, -0.05) is 24.3 Å². The van der Waals surface area contributed by atoms with Crippen LogP contribution in [0, 0.1) is 41.2 Å². The molecule has 6 heteroatoms. The van der Waals surface area contributed by atoms with Crippen molar-refractivity contribution < 1.29 is 9.66 Å². The molecule has 0 saturated carbocycles. The van der Waals surface area contributed by atoms with E-state index in [0.717, 1.165) is 28.7 Å². The molecular weight excluding hydrogens is 354 g/mol. The first-order valence-corrected chi connectivity index (χ1v) is 9.32. The first-order chi connectivity index (χ1) is 13.5. The Labute approximate surface area is 163 Å². The van der Waals surface area contributed by atoms with Gasteiger partial charge in [-0.3, -0.25) is 10.1 Å². The Hall–Kier alpha value is -3.33. The Balaban J connectivity index is 1.77. The standard InChI is InChI=1S/C22H21N3O3/c1-13-12-19(25(26)27)22-20(14(13)2)17-4-3-5-18(17)21(24-22)15-6-8-16(9-7-15)28-11-10-23/h3-4,6-9,12,17-18,21,24H,5,11H2,1-2H3. The molecule has 1 N–H and O–H groups in total. The zero-order valence-electron chi connectivity index (χ0n) is 15.8. The predicted molar refractivity (Wildman–Crippen MR) is 106 cm³/mol. The summed E-state index contributed by atoms with van der Waals surface area (Å²) in [5, 5.41) is 23.9. The zero-order chi connectivity index (χ0) is 19.8. The number of aryl methyl sites for hydroxylation is 1. The summed E-state index contributed by atoms with van der Waals surface area (Å²) in [6, 6.07) is 11.2. The van der Waals surface area contributed by atoms with Crippen molar-refractivity contribution in [3.63, 3.8) is 0 Å². The first kappa shape index (κ1) is 18.1. The molecule has 142 valence electrons. The second-order valence-corrected chi connectivity index (χ2v) is 7.37. The van der Waals surface area contributed by atoms with Gasteiger partial charge in [-0.25, -0.2) is 0 Å². The number of anilines is 1. The van der Waals surface area contributed by atoms with E-state index in [0.29, 0.717) is 17.4 Å². The van der Waals surface area contributed by atoms with Crippen LogP contribution in [0.3, 0.4) is 0 Å². The highest BCUT2D eigenvalue weighted by Gasteiger charge is 2.41. The minimum absolute atomic E-state index is 0.00778. The van der Waals surface area contributed by atoms with Gasteiger partial charge in [0.1, 0.15) is 17.5 Å². The maximum absolute atomic E-state index is 11.7. The van der Waals surface area contributed by atoms with Crippen LogP contribution in [0.5, 0.6) is 5.75 Å². The molecule has 2 aromatic carbocycles. The van der Waals surface area contributed by atoms with Gasteiger partial charge in [0.05, 0.1) is 11.0 Å². The lowest BCUT2D eigenvalue weighted by molar-refractivity contribution is -0.384. The van der Waals surface area contributed by atoms with Crippen LogP contribution < -0.4 is 10.1 Å². The summed E-state index contributed by atoms with van der Waals surface area (Å²) in [6.07, 6.45) is 5.30. The molecular formula is C22H21N3O3. The number of ether oxygens (including phenoxy) is 1. The average Bonchev–Trinajstić information content (AvgIpc) is 3.18. The molecule has 4 rings (SSSR count). The van der Waals surface area contributed by atoms with E-state index in [1.807, 2.05) is 44.2 Å². The quantitative estimate of drug-likeness (QED) is 0.464. The fourth-order valence-electron chi connectivity index (χ4n) is 4.44. The normalized spacial score (nSPS) is 22.0. The van der Waals surface area contributed by atoms with Crippen molar-refractivity contribution in [3.8, 4) is 11.8 Å². The van der Waals surface area contributed by atoms with Crippen molar-refractivity contribution in [1.82, 2.24) is 0 Å². The SMILES string of the molecule is Cc1cc([N+](=O)[O-])c2c(c1C)C1C=CCC1C(c1ccc(OCC#N)cc1)N2. The van der Waals surface area contributed by atoms with Crippen LogP contribution in [-0.2, 0) is 0 Å². The Morgan fingerprint density at radius 3 is 2.75 bits per heavy atom. The first-order valence-electron chi connectivity index (χ1n) is 9.32.